The number of aromatic nitrogens is 3. The fourth-order valence-corrected chi connectivity index (χ4v) is 3.03. The Morgan fingerprint density at radius 2 is 1.86 bits per heavy atom. The van der Waals surface area contributed by atoms with Crippen molar-refractivity contribution in [3.05, 3.63) is 46.9 Å². The average molecular weight is 340 g/mol. The van der Waals surface area contributed by atoms with Crippen molar-refractivity contribution in [3.8, 4) is 0 Å². The molecule has 2 aromatic heterocycles. The molecule has 0 amide bonds. The van der Waals surface area contributed by atoms with E-state index >= 15 is 0 Å². The molecule has 21 heavy (non-hydrogen) atoms. The van der Waals surface area contributed by atoms with Gasteiger partial charge in [-0.3, -0.25) is 0 Å². The van der Waals surface area contributed by atoms with E-state index < -0.39 is 0 Å². The second-order valence-electron chi connectivity index (χ2n) is 4.82. The lowest BCUT2D eigenvalue weighted by Crippen LogP contribution is -2.00. The van der Waals surface area contributed by atoms with Crippen molar-refractivity contribution >= 4 is 55.3 Å². The van der Waals surface area contributed by atoms with Crippen molar-refractivity contribution < 1.29 is 4.79 Å². The summed E-state index contributed by atoms with van der Waals surface area (Å²) in [6.07, 6.45) is 0.887. The maximum Gasteiger partial charge on any atom is 0.160 e. The van der Waals surface area contributed by atoms with Crippen LogP contribution in [0.25, 0.3) is 33.1 Å². The van der Waals surface area contributed by atoms with Gasteiger partial charge in [0.1, 0.15) is 11.8 Å². The molecule has 4 rings (SSSR count). The molecular formula is C16H10BrN3O. The molecule has 0 atom stereocenters. The monoisotopic (exact) mass is 339 g/mol. The highest BCUT2D eigenvalue weighted by molar-refractivity contribution is 9.10. The molecule has 4 nitrogen and oxygen atoms in total. The summed E-state index contributed by atoms with van der Waals surface area (Å²) in [7, 11) is 0. The summed E-state index contributed by atoms with van der Waals surface area (Å²) >= 11 is 3.49. The van der Waals surface area contributed by atoms with E-state index in [2.05, 4.69) is 20.9 Å². The first-order chi connectivity index (χ1) is 10.3. The maximum absolute atomic E-state index is 11.0. The topological polar surface area (TPSA) is 47.8 Å². The van der Waals surface area contributed by atoms with Crippen molar-refractivity contribution in [2.24, 2.45) is 0 Å². The SMILES string of the molecule is O=CCn1c2ccc(Br)cc2c2nc3ccccc3nc21. The Kier molecular flexibility index (Phi) is 2.75. The quantitative estimate of drug-likeness (QED) is 0.523. The number of nitrogens with zero attached hydrogens (tertiary/aromatic N) is 3. The minimum atomic E-state index is 0.272. The largest absolute Gasteiger partial charge is 0.317 e. The van der Waals surface area contributed by atoms with Gasteiger partial charge in [0.25, 0.3) is 0 Å². The molecule has 0 aliphatic rings. The minimum Gasteiger partial charge on any atom is -0.317 e. The van der Waals surface area contributed by atoms with Gasteiger partial charge in [-0.05, 0) is 30.3 Å². The van der Waals surface area contributed by atoms with Crippen molar-refractivity contribution in [2.75, 3.05) is 0 Å². The second kappa shape index (κ2) is 4.63. The number of aldehydes is 1. The summed E-state index contributed by atoms with van der Waals surface area (Å²) in [5.41, 5.74) is 4.23. The van der Waals surface area contributed by atoms with Gasteiger partial charge in [-0.1, -0.05) is 28.1 Å². The van der Waals surface area contributed by atoms with E-state index in [-0.39, 0.29) is 6.54 Å². The van der Waals surface area contributed by atoms with Crippen LogP contribution in [0.15, 0.2) is 46.9 Å². The van der Waals surface area contributed by atoms with Gasteiger partial charge in [0.15, 0.2) is 5.65 Å². The Bertz CT molecular complexity index is 1010. The molecular weight excluding hydrogens is 330 g/mol. The number of hydrogen-bond donors (Lipinski definition) is 0. The predicted molar refractivity (Wildman–Crippen MR) is 86.3 cm³/mol. The summed E-state index contributed by atoms with van der Waals surface area (Å²) < 4.78 is 2.89. The molecule has 0 radical (unpaired) electrons. The predicted octanol–water partition coefficient (Wildman–Crippen LogP) is 3.70. The summed E-state index contributed by atoms with van der Waals surface area (Å²) in [5, 5.41) is 1.000. The number of rotatable bonds is 2. The van der Waals surface area contributed by atoms with Crippen LogP contribution in [0.2, 0.25) is 0 Å². The molecule has 0 spiro atoms. The van der Waals surface area contributed by atoms with Gasteiger partial charge in [0, 0.05) is 9.86 Å². The number of fused-ring (bicyclic) bond motifs is 4. The van der Waals surface area contributed by atoms with Gasteiger partial charge >= 0.3 is 0 Å². The van der Waals surface area contributed by atoms with Gasteiger partial charge in [-0.15, -0.1) is 0 Å². The maximum atomic E-state index is 11.0. The van der Waals surface area contributed by atoms with E-state index in [0.717, 1.165) is 43.9 Å². The third-order valence-electron chi connectivity index (χ3n) is 3.57. The van der Waals surface area contributed by atoms with Crippen LogP contribution in [0.1, 0.15) is 0 Å². The van der Waals surface area contributed by atoms with E-state index in [9.17, 15) is 4.79 Å². The molecule has 0 fully saturated rings. The van der Waals surface area contributed by atoms with E-state index in [4.69, 9.17) is 4.98 Å². The minimum absolute atomic E-state index is 0.272. The number of carbonyl (C=O) groups excluding carboxylic acids is 1. The van der Waals surface area contributed by atoms with E-state index in [1.54, 1.807) is 0 Å². The highest BCUT2D eigenvalue weighted by atomic mass is 79.9. The standard InChI is InChI=1S/C16H10BrN3O/c17-10-5-6-14-11(9-10)15-16(20(14)7-8-21)19-13-4-2-1-3-12(13)18-15/h1-6,8-9H,7H2. The summed E-state index contributed by atoms with van der Waals surface area (Å²) in [6, 6.07) is 13.7. The van der Waals surface area contributed by atoms with Crippen molar-refractivity contribution in [1.29, 1.82) is 0 Å². The Balaban J connectivity index is 2.24. The van der Waals surface area contributed by atoms with Gasteiger partial charge < -0.3 is 9.36 Å². The zero-order valence-electron chi connectivity index (χ0n) is 11.0. The second-order valence-corrected chi connectivity index (χ2v) is 5.74. The van der Waals surface area contributed by atoms with Gasteiger partial charge in [0.05, 0.1) is 23.1 Å². The van der Waals surface area contributed by atoms with Crippen LogP contribution in [0.5, 0.6) is 0 Å². The first kappa shape index (κ1) is 12.5. The Morgan fingerprint density at radius 1 is 1.10 bits per heavy atom. The van der Waals surface area contributed by atoms with Crippen LogP contribution in [0.3, 0.4) is 0 Å². The first-order valence-corrected chi connectivity index (χ1v) is 7.35. The smallest absolute Gasteiger partial charge is 0.160 e. The lowest BCUT2D eigenvalue weighted by molar-refractivity contribution is -0.108. The van der Waals surface area contributed by atoms with Crippen LogP contribution >= 0.6 is 15.9 Å². The Labute approximate surface area is 128 Å². The Morgan fingerprint density at radius 3 is 2.62 bits per heavy atom. The lowest BCUT2D eigenvalue weighted by Gasteiger charge is -2.01. The van der Waals surface area contributed by atoms with Gasteiger partial charge in [0.2, 0.25) is 0 Å². The van der Waals surface area contributed by atoms with Crippen molar-refractivity contribution in [1.82, 2.24) is 14.5 Å². The zero-order chi connectivity index (χ0) is 14.4. The molecule has 0 N–H and O–H groups in total. The summed E-state index contributed by atoms with van der Waals surface area (Å²) in [5.74, 6) is 0. The first-order valence-electron chi connectivity index (χ1n) is 6.56. The molecule has 0 saturated heterocycles. The summed E-state index contributed by atoms with van der Waals surface area (Å²) in [6.45, 7) is 0.272. The number of benzene rings is 2. The van der Waals surface area contributed by atoms with Crippen LogP contribution in [0, 0.1) is 0 Å². The molecule has 0 unspecified atom stereocenters. The molecule has 2 heterocycles. The fourth-order valence-electron chi connectivity index (χ4n) is 2.67. The molecule has 102 valence electrons. The van der Waals surface area contributed by atoms with Crippen LogP contribution in [0.4, 0.5) is 0 Å². The highest BCUT2D eigenvalue weighted by Gasteiger charge is 2.14. The summed E-state index contributed by atoms with van der Waals surface area (Å²) in [4.78, 5) is 20.4. The Hall–Kier alpha value is -2.27. The average Bonchev–Trinajstić information content (AvgIpc) is 2.79. The zero-order valence-corrected chi connectivity index (χ0v) is 12.5. The number of halogens is 1. The van der Waals surface area contributed by atoms with Crippen molar-refractivity contribution in [3.63, 3.8) is 0 Å². The molecule has 0 bridgehead atoms. The molecule has 0 aliphatic carbocycles. The molecule has 2 aromatic carbocycles. The van der Waals surface area contributed by atoms with Gasteiger partial charge in [-0.25, -0.2) is 9.97 Å². The number of carbonyl (C=O) groups is 1. The fraction of sp³-hybridized carbons (Fsp3) is 0.0625. The molecule has 4 aromatic rings. The molecule has 0 aliphatic heterocycles. The van der Waals surface area contributed by atoms with Crippen LogP contribution in [-0.4, -0.2) is 20.8 Å². The number of hydrogen-bond acceptors (Lipinski definition) is 3. The van der Waals surface area contributed by atoms with E-state index in [0.29, 0.717) is 0 Å². The van der Waals surface area contributed by atoms with Crippen molar-refractivity contribution in [2.45, 2.75) is 6.54 Å². The number of para-hydroxylation sites is 2. The van der Waals surface area contributed by atoms with Gasteiger partial charge in [-0.2, -0.15) is 0 Å². The third-order valence-corrected chi connectivity index (χ3v) is 4.06. The normalized spacial score (nSPS) is 11.5. The van der Waals surface area contributed by atoms with E-state index in [1.165, 1.54) is 0 Å². The van der Waals surface area contributed by atoms with Crippen LogP contribution < -0.4 is 0 Å². The lowest BCUT2D eigenvalue weighted by atomic mass is 10.2. The highest BCUT2D eigenvalue weighted by Crippen LogP contribution is 2.30. The van der Waals surface area contributed by atoms with E-state index in [1.807, 2.05) is 47.0 Å². The molecule has 0 saturated carbocycles. The third kappa shape index (κ3) is 1.85. The molecule has 5 heteroatoms. The van der Waals surface area contributed by atoms with Crippen LogP contribution in [-0.2, 0) is 11.3 Å².